The van der Waals surface area contributed by atoms with Crippen LogP contribution < -0.4 is 5.32 Å². The molecule has 4 nitrogen and oxygen atoms in total. The second-order valence-electron chi connectivity index (χ2n) is 6.49. The fourth-order valence-corrected chi connectivity index (χ4v) is 2.73. The third-order valence-corrected chi connectivity index (χ3v) is 4.07. The summed E-state index contributed by atoms with van der Waals surface area (Å²) in [5.74, 6) is -0.196. The van der Waals surface area contributed by atoms with Gasteiger partial charge in [0.05, 0.1) is 0 Å². The van der Waals surface area contributed by atoms with Gasteiger partial charge in [-0.3, -0.25) is 9.59 Å². The van der Waals surface area contributed by atoms with E-state index in [0.717, 1.165) is 36.2 Å². The van der Waals surface area contributed by atoms with Crippen LogP contribution in [-0.4, -0.2) is 30.3 Å². The van der Waals surface area contributed by atoms with Crippen molar-refractivity contribution in [2.75, 3.05) is 18.9 Å². The summed E-state index contributed by atoms with van der Waals surface area (Å²) < 4.78 is 0. The number of aryl methyl sites for hydroxylation is 2. The highest BCUT2D eigenvalue weighted by molar-refractivity contribution is 6.05. The third kappa shape index (κ3) is 5.18. The van der Waals surface area contributed by atoms with Gasteiger partial charge in [0, 0.05) is 30.4 Å². The maximum absolute atomic E-state index is 12.4. The van der Waals surface area contributed by atoms with E-state index in [2.05, 4.69) is 18.3 Å². The van der Waals surface area contributed by atoms with Gasteiger partial charge in [0.1, 0.15) is 0 Å². The SMILES string of the molecule is CCCCN(C)C(=O)c1ccc(C(=O)Nc2cc(C)cc(C)c2)cc1. The summed E-state index contributed by atoms with van der Waals surface area (Å²) >= 11 is 0. The summed E-state index contributed by atoms with van der Waals surface area (Å²) in [4.78, 5) is 26.4. The summed E-state index contributed by atoms with van der Waals surface area (Å²) in [5, 5.41) is 2.90. The van der Waals surface area contributed by atoms with Crippen molar-refractivity contribution in [3.05, 3.63) is 64.7 Å². The first kappa shape index (κ1) is 18.7. The Kier molecular flexibility index (Phi) is 6.34. The molecular weight excluding hydrogens is 312 g/mol. The molecule has 0 atom stereocenters. The average molecular weight is 338 g/mol. The van der Waals surface area contributed by atoms with E-state index in [-0.39, 0.29) is 11.8 Å². The molecule has 0 fully saturated rings. The van der Waals surface area contributed by atoms with E-state index in [1.807, 2.05) is 26.0 Å². The Morgan fingerprint density at radius 1 is 0.960 bits per heavy atom. The fraction of sp³-hybridized carbons (Fsp3) is 0.333. The van der Waals surface area contributed by atoms with Crippen LogP contribution in [0.5, 0.6) is 0 Å². The molecule has 0 heterocycles. The second kappa shape index (κ2) is 8.47. The van der Waals surface area contributed by atoms with Gasteiger partial charge in [0.15, 0.2) is 0 Å². The Morgan fingerprint density at radius 2 is 1.52 bits per heavy atom. The largest absolute Gasteiger partial charge is 0.342 e. The average Bonchev–Trinajstić information content (AvgIpc) is 2.58. The summed E-state index contributed by atoms with van der Waals surface area (Å²) in [5.41, 5.74) is 4.12. The first-order chi connectivity index (χ1) is 11.9. The molecule has 132 valence electrons. The zero-order valence-corrected chi connectivity index (χ0v) is 15.4. The number of benzene rings is 2. The third-order valence-electron chi connectivity index (χ3n) is 4.07. The van der Waals surface area contributed by atoms with E-state index < -0.39 is 0 Å². The maximum Gasteiger partial charge on any atom is 0.255 e. The molecule has 0 saturated carbocycles. The molecule has 0 aliphatic rings. The van der Waals surface area contributed by atoms with E-state index in [4.69, 9.17) is 0 Å². The minimum atomic E-state index is -0.177. The monoisotopic (exact) mass is 338 g/mol. The van der Waals surface area contributed by atoms with Gasteiger partial charge in [-0.1, -0.05) is 19.4 Å². The minimum absolute atomic E-state index is 0.0188. The van der Waals surface area contributed by atoms with Crippen molar-refractivity contribution in [3.8, 4) is 0 Å². The molecule has 25 heavy (non-hydrogen) atoms. The Morgan fingerprint density at radius 3 is 2.08 bits per heavy atom. The molecule has 0 unspecified atom stereocenters. The number of unbranched alkanes of at least 4 members (excludes halogenated alkanes) is 1. The molecule has 1 N–H and O–H groups in total. The molecule has 2 aromatic carbocycles. The van der Waals surface area contributed by atoms with Gasteiger partial charge < -0.3 is 10.2 Å². The smallest absolute Gasteiger partial charge is 0.255 e. The number of carbonyl (C=O) groups is 2. The normalized spacial score (nSPS) is 10.4. The first-order valence-electron chi connectivity index (χ1n) is 8.66. The zero-order valence-electron chi connectivity index (χ0n) is 15.4. The Balaban J connectivity index is 2.06. The van der Waals surface area contributed by atoms with Crippen molar-refractivity contribution in [1.29, 1.82) is 0 Å². The molecule has 0 saturated heterocycles. The van der Waals surface area contributed by atoms with Crippen molar-refractivity contribution >= 4 is 17.5 Å². The maximum atomic E-state index is 12.4. The number of rotatable bonds is 6. The van der Waals surface area contributed by atoms with Crippen LogP contribution in [-0.2, 0) is 0 Å². The standard InChI is InChI=1S/C21H26N2O2/c1-5-6-11-23(4)21(25)18-9-7-17(8-10-18)20(24)22-19-13-15(2)12-16(3)14-19/h7-10,12-14H,5-6,11H2,1-4H3,(H,22,24). The Labute approximate surface area is 149 Å². The van der Waals surface area contributed by atoms with Crippen molar-refractivity contribution < 1.29 is 9.59 Å². The lowest BCUT2D eigenvalue weighted by molar-refractivity contribution is 0.0792. The zero-order chi connectivity index (χ0) is 18.4. The highest BCUT2D eigenvalue weighted by atomic mass is 16.2. The van der Waals surface area contributed by atoms with Crippen LogP contribution in [0.3, 0.4) is 0 Å². The minimum Gasteiger partial charge on any atom is -0.342 e. The van der Waals surface area contributed by atoms with Gasteiger partial charge in [-0.05, 0) is 67.8 Å². The lowest BCUT2D eigenvalue weighted by atomic mass is 10.1. The molecule has 0 spiro atoms. The molecule has 2 rings (SSSR count). The topological polar surface area (TPSA) is 49.4 Å². The fourth-order valence-electron chi connectivity index (χ4n) is 2.73. The van der Waals surface area contributed by atoms with Crippen LogP contribution in [0.25, 0.3) is 0 Å². The molecule has 0 aliphatic heterocycles. The number of hydrogen-bond acceptors (Lipinski definition) is 2. The van der Waals surface area contributed by atoms with Gasteiger partial charge in [-0.2, -0.15) is 0 Å². The van der Waals surface area contributed by atoms with E-state index in [9.17, 15) is 9.59 Å². The first-order valence-corrected chi connectivity index (χ1v) is 8.66. The molecule has 0 radical (unpaired) electrons. The number of carbonyl (C=O) groups excluding carboxylic acids is 2. The van der Waals surface area contributed by atoms with Crippen molar-refractivity contribution in [1.82, 2.24) is 4.90 Å². The van der Waals surface area contributed by atoms with Crippen LogP contribution in [0.4, 0.5) is 5.69 Å². The summed E-state index contributed by atoms with van der Waals surface area (Å²) in [6, 6.07) is 12.7. The van der Waals surface area contributed by atoms with E-state index in [0.29, 0.717) is 11.1 Å². The molecule has 2 aromatic rings. The van der Waals surface area contributed by atoms with E-state index in [1.54, 1.807) is 36.2 Å². The van der Waals surface area contributed by atoms with Gasteiger partial charge >= 0.3 is 0 Å². The van der Waals surface area contributed by atoms with Crippen LogP contribution in [0, 0.1) is 13.8 Å². The van der Waals surface area contributed by atoms with Crippen molar-refractivity contribution in [2.45, 2.75) is 33.6 Å². The van der Waals surface area contributed by atoms with E-state index >= 15 is 0 Å². The summed E-state index contributed by atoms with van der Waals surface area (Å²) in [6.07, 6.45) is 2.04. The van der Waals surface area contributed by atoms with Crippen molar-refractivity contribution in [2.24, 2.45) is 0 Å². The number of nitrogens with zero attached hydrogens (tertiary/aromatic N) is 1. The number of hydrogen-bond donors (Lipinski definition) is 1. The summed E-state index contributed by atoms with van der Waals surface area (Å²) in [6.45, 7) is 6.84. The lowest BCUT2D eigenvalue weighted by Gasteiger charge is -2.16. The number of nitrogens with one attached hydrogen (secondary N) is 1. The molecule has 4 heteroatoms. The second-order valence-corrected chi connectivity index (χ2v) is 6.49. The van der Waals surface area contributed by atoms with Gasteiger partial charge in [-0.15, -0.1) is 0 Å². The highest BCUT2D eigenvalue weighted by Gasteiger charge is 2.12. The van der Waals surface area contributed by atoms with Crippen LogP contribution in [0.15, 0.2) is 42.5 Å². The quantitative estimate of drug-likeness (QED) is 0.847. The molecule has 2 amide bonds. The molecule has 0 aromatic heterocycles. The van der Waals surface area contributed by atoms with Crippen LogP contribution in [0.1, 0.15) is 51.6 Å². The molecule has 0 bridgehead atoms. The van der Waals surface area contributed by atoms with Crippen LogP contribution in [0.2, 0.25) is 0 Å². The predicted octanol–water partition coefficient (Wildman–Crippen LogP) is 4.43. The van der Waals surface area contributed by atoms with Gasteiger partial charge in [-0.25, -0.2) is 0 Å². The summed E-state index contributed by atoms with van der Waals surface area (Å²) in [7, 11) is 1.80. The number of anilines is 1. The van der Waals surface area contributed by atoms with Crippen LogP contribution >= 0.6 is 0 Å². The number of amides is 2. The predicted molar refractivity (Wildman–Crippen MR) is 102 cm³/mol. The lowest BCUT2D eigenvalue weighted by Crippen LogP contribution is -2.27. The molecular formula is C21H26N2O2. The molecule has 0 aliphatic carbocycles. The van der Waals surface area contributed by atoms with Crippen molar-refractivity contribution in [3.63, 3.8) is 0 Å². The Bertz CT molecular complexity index is 731. The highest BCUT2D eigenvalue weighted by Crippen LogP contribution is 2.15. The van der Waals surface area contributed by atoms with Gasteiger partial charge in [0.2, 0.25) is 0 Å². The van der Waals surface area contributed by atoms with E-state index in [1.165, 1.54) is 0 Å². The van der Waals surface area contributed by atoms with Gasteiger partial charge in [0.25, 0.3) is 11.8 Å². The Hall–Kier alpha value is -2.62.